The first-order chi connectivity index (χ1) is 13.9. The van der Waals surface area contributed by atoms with Crippen molar-refractivity contribution in [3.8, 4) is 5.75 Å². The van der Waals surface area contributed by atoms with Crippen LogP contribution < -0.4 is 5.32 Å². The van der Waals surface area contributed by atoms with E-state index in [9.17, 15) is 22.4 Å². The number of amides is 1. The van der Waals surface area contributed by atoms with Crippen molar-refractivity contribution in [1.29, 1.82) is 0 Å². The van der Waals surface area contributed by atoms with Gasteiger partial charge in [-0.3, -0.25) is 4.79 Å². The first-order valence-corrected chi connectivity index (χ1v) is 9.79. The van der Waals surface area contributed by atoms with E-state index in [0.717, 1.165) is 6.42 Å². The van der Waals surface area contributed by atoms with Crippen molar-refractivity contribution in [3.63, 3.8) is 0 Å². The highest BCUT2D eigenvalue weighted by Gasteiger charge is 2.29. The molecule has 1 saturated carbocycles. The molecule has 0 atom stereocenters. The fourth-order valence-electron chi connectivity index (χ4n) is 3.78. The van der Waals surface area contributed by atoms with Crippen LogP contribution >= 0.6 is 0 Å². The molecular weight excluding hydrogens is 386 g/mol. The third-order valence-corrected chi connectivity index (χ3v) is 5.44. The Morgan fingerprint density at radius 2 is 1.38 bits per heavy atom. The summed E-state index contributed by atoms with van der Waals surface area (Å²) in [4.78, 5) is 12.0. The van der Waals surface area contributed by atoms with E-state index in [1.54, 1.807) is 12.1 Å². The lowest BCUT2D eigenvalue weighted by Gasteiger charge is -2.14. The highest BCUT2D eigenvalue weighted by Crippen LogP contribution is 2.29. The largest absolute Gasteiger partial charge is 0.503 e. The van der Waals surface area contributed by atoms with Crippen molar-refractivity contribution in [3.05, 3.63) is 64.2 Å². The average molecular weight is 409 g/mol. The van der Waals surface area contributed by atoms with E-state index < -0.39 is 40.5 Å². The van der Waals surface area contributed by atoms with Gasteiger partial charge in [0, 0.05) is 6.54 Å². The molecule has 1 aliphatic rings. The van der Waals surface area contributed by atoms with Crippen LogP contribution in [0.15, 0.2) is 24.3 Å². The van der Waals surface area contributed by atoms with Gasteiger partial charge < -0.3 is 10.4 Å². The number of rotatable bonds is 5. The number of halogens is 4. The van der Waals surface area contributed by atoms with E-state index in [1.807, 2.05) is 12.1 Å². The van der Waals surface area contributed by atoms with Crippen LogP contribution in [0.2, 0.25) is 0 Å². The monoisotopic (exact) mass is 409 g/mol. The SMILES string of the molecule is O=C(NCc1ccc(CC2CCCCCC2)cc1)c1c(F)c(F)c(O)c(F)c1F. The molecule has 0 radical (unpaired) electrons. The Balaban J connectivity index is 1.62. The van der Waals surface area contributed by atoms with Gasteiger partial charge in [0.15, 0.2) is 17.4 Å². The van der Waals surface area contributed by atoms with E-state index in [-0.39, 0.29) is 6.54 Å². The van der Waals surface area contributed by atoms with E-state index in [2.05, 4.69) is 5.32 Å². The van der Waals surface area contributed by atoms with Crippen molar-refractivity contribution in [2.45, 2.75) is 51.5 Å². The van der Waals surface area contributed by atoms with Crippen LogP contribution in [0.3, 0.4) is 0 Å². The number of nitrogens with one attached hydrogen (secondary N) is 1. The van der Waals surface area contributed by atoms with Crippen LogP contribution in [-0.2, 0) is 13.0 Å². The summed E-state index contributed by atoms with van der Waals surface area (Å²) >= 11 is 0. The van der Waals surface area contributed by atoms with Crippen LogP contribution in [0.25, 0.3) is 0 Å². The Hall–Kier alpha value is -2.57. The number of carbonyl (C=O) groups excluding carboxylic acids is 1. The summed E-state index contributed by atoms with van der Waals surface area (Å²) < 4.78 is 54.4. The Labute approximate surface area is 166 Å². The zero-order valence-electron chi connectivity index (χ0n) is 15.9. The van der Waals surface area contributed by atoms with Crippen LogP contribution in [0.4, 0.5) is 17.6 Å². The highest BCUT2D eigenvalue weighted by atomic mass is 19.2. The number of carbonyl (C=O) groups is 1. The van der Waals surface area contributed by atoms with E-state index in [1.165, 1.54) is 44.1 Å². The zero-order chi connectivity index (χ0) is 21.0. The Morgan fingerprint density at radius 3 is 1.93 bits per heavy atom. The van der Waals surface area contributed by atoms with E-state index >= 15 is 0 Å². The second kappa shape index (κ2) is 9.29. The molecule has 3 rings (SSSR count). The molecule has 2 aromatic carbocycles. The minimum absolute atomic E-state index is 0.0640. The maximum Gasteiger partial charge on any atom is 0.257 e. The predicted octanol–water partition coefficient (Wildman–Crippen LogP) is 5.39. The van der Waals surface area contributed by atoms with Crippen molar-refractivity contribution >= 4 is 5.91 Å². The number of phenols is 1. The van der Waals surface area contributed by atoms with Gasteiger partial charge in [0.1, 0.15) is 5.56 Å². The zero-order valence-corrected chi connectivity index (χ0v) is 15.9. The maximum absolute atomic E-state index is 13.8. The van der Waals surface area contributed by atoms with Crippen molar-refractivity contribution in [1.82, 2.24) is 5.32 Å². The normalized spacial score (nSPS) is 15.2. The summed E-state index contributed by atoms with van der Waals surface area (Å²) in [6, 6.07) is 7.51. The molecular formula is C22H23F4NO2. The molecule has 0 bridgehead atoms. The number of benzene rings is 2. The van der Waals surface area contributed by atoms with Gasteiger partial charge in [0.25, 0.3) is 5.91 Å². The summed E-state index contributed by atoms with van der Waals surface area (Å²) in [7, 11) is 0. The summed E-state index contributed by atoms with van der Waals surface area (Å²) in [5, 5.41) is 11.2. The second-order valence-corrected chi connectivity index (χ2v) is 7.54. The maximum atomic E-state index is 13.8. The topological polar surface area (TPSA) is 49.3 Å². The van der Waals surface area contributed by atoms with Gasteiger partial charge in [0.2, 0.25) is 11.6 Å². The molecule has 1 amide bonds. The molecule has 0 aromatic heterocycles. The number of aromatic hydroxyl groups is 1. The summed E-state index contributed by atoms with van der Waals surface area (Å²) in [6.45, 7) is -0.0640. The molecule has 7 heteroatoms. The van der Waals surface area contributed by atoms with Crippen LogP contribution in [0, 0.1) is 29.2 Å². The first-order valence-electron chi connectivity index (χ1n) is 9.79. The highest BCUT2D eigenvalue weighted by molar-refractivity contribution is 5.95. The van der Waals surface area contributed by atoms with E-state index in [0.29, 0.717) is 11.5 Å². The fraction of sp³-hybridized carbons (Fsp3) is 0.409. The lowest BCUT2D eigenvalue weighted by Crippen LogP contribution is -2.26. The van der Waals surface area contributed by atoms with Crippen molar-refractivity contribution in [2.75, 3.05) is 0 Å². The molecule has 0 unspecified atom stereocenters. The van der Waals surface area contributed by atoms with Gasteiger partial charge >= 0.3 is 0 Å². The molecule has 2 N–H and O–H groups in total. The first kappa shape index (κ1) is 21.1. The number of hydrogen-bond donors (Lipinski definition) is 2. The summed E-state index contributed by atoms with van der Waals surface area (Å²) in [5.41, 5.74) is 0.470. The lowest BCUT2D eigenvalue weighted by molar-refractivity contribution is 0.0939. The Kier molecular flexibility index (Phi) is 6.77. The molecule has 2 aromatic rings. The van der Waals surface area contributed by atoms with Gasteiger partial charge in [-0.2, -0.15) is 8.78 Å². The fourth-order valence-corrected chi connectivity index (χ4v) is 3.78. The average Bonchev–Trinajstić information content (AvgIpc) is 2.99. The molecule has 1 aliphatic carbocycles. The molecule has 0 saturated heterocycles. The third-order valence-electron chi connectivity index (χ3n) is 5.44. The van der Waals surface area contributed by atoms with Gasteiger partial charge in [-0.15, -0.1) is 0 Å². The van der Waals surface area contributed by atoms with Crippen LogP contribution in [0.1, 0.15) is 60.0 Å². The molecule has 3 nitrogen and oxygen atoms in total. The van der Waals surface area contributed by atoms with Gasteiger partial charge in [-0.05, 0) is 23.5 Å². The third kappa shape index (κ3) is 4.89. The Morgan fingerprint density at radius 1 is 0.862 bits per heavy atom. The molecule has 1 fully saturated rings. The van der Waals surface area contributed by atoms with Crippen molar-refractivity contribution < 1.29 is 27.5 Å². The minimum atomic E-state index is -2.00. The standard InChI is InChI=1S/C22H23F4NO2/c23-17-16(18(24)20(26)21(28)19(17)25)22(29)27-12-15-9-7-14(8-10-15)11-13-5-3-1-2-4-6-13/h7-10,13,28H,1-6,11-12H2,(H,27,29). The van der Waals surface area contributed by atoms with Gasteiger partial charge in [0.05, 0.1) is 0 Å². The Bertz CT molecular complexity index is 846. The summed E-state index contributed by atoms with van der Waals surface area (Å²) in [5.74, 6) is -10.3. The number of phenolic OH excluding ortho intramolecular Hbond substituents is 1. The molecule has 29 heavy (non-hydrogen) atoms. The predicted molar refractivity (Wildman–Crippen MR) is 100 cm³/mol. The minimum Gasteiger partial charge on any atom is -0.503 e. The molecule has 156 valence electrons. The van der Waals surface area contributed by atoms with Gasteiger partial charge in [-0.25, -0.2) is 8.78 Å². The van der Waals surface area contributed by atoms with E-state index in [4.69, 9.17) is 5.11 Å². The molecule has 0 aliphatic heterocycles. The van der Waals surface area contributed by atoms with Crippen LogP contribution in [0.5, 0.6) is 5.75 Å². The van der Waals surface area contributed by atoms with Crippen LogP contribution in [-0.4, -0.2) is 11.0 Å². The molecule has 0 heterocycles. The second-order valence-electron chi connectivity index (χ2n) is 7.54. The summed E-state index contributed by atoms with van der Waals surface area (Å²) in [6.07, 6.45) is 8.58. The number of hydrogen-bond acceptors (Lipinski definition) is 2. The van der Waals surface area contributed by atoms with Crippen molar-refractivity contribution in [2.24, 2.45) is 5.92 Å². The smallest absolute Gasteiger partial charge is 0.257 e. The molecule has 0 spiro atoms. The van der Waals surface area contributed by atoms with Gasteiger partial charge in [-0.1, -0.05) is 62.8 Å². The quantitative estimate of drug-likeness (QED) is 0.395. The lowest BCUT2D eigenvalue weighted by atomic mass is 9.92.